The van der Waals surface area contributed by atoms with Gasteiger partial charge in [0.25, 0.3) is 0 Å². The van der Waals surface area contributed by atoms with E-state index in [1.807, 2.05) is 6.20 Å². The number of fused-ring (bicyclic) bond motifs is 1. The molecule has 2 N–H and O–H groups in total. The molecule has 2 fully saturated rings. The first-order chi connectivity index (χ1) is 8.78. The van der Waals surface area contributed by atoms with Crippen LogP contribution in [0.3, 0.4) is 0 Å². The molecule has 2 unspecified atom stereocenters. The topological polar surface area (TPSA) is 45.4 Å². The third-order valence-electron chi connectivity index (χ3n) is 4.18. The molecule has 1 aromatic heterocycles. The number of nitrogens with zero attached hydrogens (tertiary/aromatic N) is 3. The van der Waals surface area contributed by atoms with E-state index in [1.54, 1.807) is 11.3 Å². The number of nitrogens with two attached hydrogens (primary N) is 1. The van der Waals surface area contributed by atoms with Crippen molar-refractivity contribution in [3.05, 3.63) is 11.1 Å². The fourth-order valence-corrected chi connectivity index (χ4v) is 4.04. The van der Waals surface area contributed by atoms with E-state index in [9.17, 15) is 0 Å². The summed E-state index contributed by atoms with van der Waals surface area (Å²) in [4.78, 5) is 10.9. The minimum Gasteiger partial charge on any atom is -0.343 e. The molecule has 5 heteroatoms. The SMILES string of the molecule is CC1CN2CCCCC2CN1c1ncc(CN)s1. The molecular weight excluding hydrogens is 244 g/mol. The highest BCUT2D eigenvalue weighted by atomic mass is 32.1. The molecule has 2 aliphatic rings. The summed E-state index contributed by atoms with van der Waals surface area (Å²) >= 11 is 1.75. The molecule has 0 amide bonds. The predicted octanol–water partition coefficient (Wildman–Crippen LogP) is 1.66. The summed E-state index contributed by atoms with van der Waals surface area (Å²) in [6.45, 7) is 6.53. The predicted molar refractivity (Wildman–Crippen MR) is 76.0 cm³/mol. The molecule has 0 aliphatic carbocycles. The van der Waals surface area contributed by atoms with Crippen LogP contribution in [0.5, 0.6) is 0 Å². The van der Waals surface area contributed by atoms with Crippen molar-refractivity contribution in [2.45, 2.75) is 44.8 Å². The van der Waals surface area contributed by atoms with Crippen LogP contribution in [0, 0.1) is 0 Å². The molecule has 1 aromatic rings. The Balaban J connectivity index is 1.75. The summed E-state index contributed by atoms with van der Waals surface area (Å²) in [6.07, 6.45) is 6.03. The van der Waals surface area contributed by atoms with Gasteiger partial charge in [0, 0.05) is 42.8 Å². The van der Waals surface area contributed by atoms with E-state index < -0.39 is 0 Å². The summed E-state index contributed by atoms with van der Waals surface area (Å²) in [5.41, 5.74) is 5.68. The Morgan fingerprint density at radius 2 is 2.33 bits per heavy atom. The number of hydrogen-bond donors (Lipinski definition) is 1. The fourth-order valence-electron chi connectivity index (χ4n) is 3.14. The Labute approximate surface area is 113 Å². The van der Waals surface area contributed by atoms with E-state index in [-0.39, 0.29) is 0 Å². The normalized spacial score (nSPS) is 29.3. The zero-order chi connectivity index (χ0) is 12.5. The van der Waals surface area contributed by atoms with Crippen LogP contribution < -0.4 is 10.6 Å². The number of aromatic nitrogens is 1. The lowest BCUT2D eigenvalue weighted by Crippen LogP contribution is -2.58. The van der Waals surface area contributed by atoms with Gasteiger partial charge in [-0.1, -0.05) is 6.42 Å². The summed E-state index contributed by atoms with van der Waals surface area (Å²) < 4.78 is 0. The number of rotatable bonds is 2. The van der Waals surface area contributed by atoms with Crippen molar-refractivity contribution in [2.24, 2.45) is 5.73 Å². The lowest BCUT2D eigenvalue weighted by molar-refractivity contribution is 0.115. The van der Waals surface area contributed by atoms with Gasteiger partial charge in [0.05, 0.1) is 0 Å². The Kier molecular flexibility index (Phi) is 3.54. The molecule has 0 saturated carbocycles. The van der Waals surface area contributed by atoms with E-state index in [0.29, 0.717) is 12.6 Å². The van der Waals surface area contributed by atoms with Gasteiger partial charge in [0.15, 0.2) is 5.13 Å². The Morgan fingerprint density at radius 1 is 1.44 bits per heavy atom. The van der Waals surface area contributed by atoms with Crippen molar-refractivity contribution < 1.29 is 0 Å². The van der Waals surface area contributed by atoms with Crippen molar-refractivity contribution in [3.63, 3.8) is 0 Å². The number of thiazole rings is 1. The minimum atomic E-state index is 0.566. The highest BCUT2D eigenvalue weighted by molar-refractivity contribution is 7.15. The van der Waals surface area contributed by atoms with Gasteiger partial charge in [0.1, 0.15) is 0 Å². The molecule has 0 radical (unpaired) electrons. The van der Waals surface area contributed by atoms with Gasteiger partial charge in [-0.3, -0.25) is 4.90 Å². The first kappa shape index (κ1) is 12.4. The first-order valence-electron chi connectivity index (χ1n) is 6.93. The summed E-state index contributed by atoms with van der Waals surface area (Å²) in [5, 5.41) is 1.16. The van der Waals surface area contributed by atoms with Gasteiger partial charge in [-0.2, -0.15) is 0 Å². The Morgan fingerprint density at radius 3 is 3.11 bits per heavy atom. The standard InChI is InChI=1S/C13H22N4S/c1-10-8-16-5-3-2-4-11(16)9-17(10)13-15-7-12(6-14)18-13/h7,10-11H,2-6,8-9,14H2,1H3. The van der Waals surface area contributed by atoms with E-state index in [1.165, 1.54) is 37.2 Å². The lowest BCUT2D eigenvalue weighted by atomic mass is 9.97. The van der Waals surface area contributed by atoms with Gasteiger partial charge < -0.3 is 10.6 Å². The second-order valence-corrected chi connectivity index (χ2v) is 6.55. The second-order valence-electron chi connectivity index (χ2n) is 5.46. The molecule has 0 spiro atoms. The highest BCUT2D eigenvalue weighted by Crippen LogP contribution is 2.30. The number of piperidine rings is 1. The fraction of sp³-hybridized carbons (Fsp3) is 0.769. The van der Waals surface area contributed by atoms with Crippen LogP contribution >= 0.6 is 11.3 Å². The smallest absolute Gasteiger partial charge is 0.185 e. The lowest BCUT2D eigenvalue weighted by Gasteiger charge is -2.47. The van der Waals surface area contributed by atoms with Crippen molar-refractivity contribution in [1.29, 1.82) is 0 Å². The molecule has 0 aromatic carbocycles. The van der Waals surface area contributed by atoms with Crippen molar-refractivity contribution in [3.8, 4) is 0 Å². The monoisotopic (exact) mass is 266 g/mol. The molecule has 0 bridgehead atoms. The summed E-state index contributed by atoms with van der Waals surface area (Å²) in [5.74, 6) is 0. The molecule has 3 heterocycles. The zero-order valence-electron chi connectivity index (χ0n) is 11.0. The third kappa shape index (κ3) is 2.27. The molecule has 3 rings (SSSR count). The largest absolute Gasteiger partial charge is 0.343 e. The summed E-state index contributed by atoms with van der Waals surface area (Å²) in [6, 6.07) is 1.30. The van der Waals surface area contributed by atoms with E-state index in [2.05, 4.69) is 21.7 Å². The van der Waals surface area contributed by atoms with Crippen LogP contribution in [0.1, 0.15) is 31.1 Å². The van der Waals surface area contributed by atoms with Crippen molar-refractivity contribution in [2.75, 3.05) is 24.5 Å². The number of hydrogen-bond acceptors (Lipinski definition) is 5. The molecule has 4 nitrogen and oxygen atoms in total. The molecular formula is C13H22N4S. The van der Waals surface area contributed by atoms with Crippen LogP contribution in [0.2, 0.25) is 0 Å². The van der Waals surface area contributed by atoms with Crippen LogP contribution in [0.15, 0.2) is 6.20 Å². The number of anilines is 1. The van der Waals surface area contributed by atoms with Crippen molar-refractivity contribution in [1.82, 2.24) is 9.88 Å². The van der Waals surface area contributed by atoms with Gasteiger partial charge in [-0.25, -0.2) is 4.98 Å². The van der Waals surface area contributed by atoms with E-state index in [4.69, 9.17) is 5.73 Å². The minimum absolute atomic E-state index is 0.566. The van der Waals surface area contributed by atoms with Crippen LogP contribution in [-0.4, -0.2) is 41.6 Å². The van der Waals surface area contributed by atoms with Gasteiger partial charge >= 0.3 is 0 Å². The average molecular weight is 266 g/mol. The molecule has 2 atom stereocenters. The molecule has 18 heavy (non-hydrogen) atoms. The maximum Gasteiger partial charge on any atom is 0.185 e. The maximum atomic E-state index is 5.68. The maximum absolute atomic E-state index is 5.68. The van der Waals surface area contributed by atoms with Crippen LogP contribution in [0.4, 0.5) is 5.13 Å². The zero-order valence-corrected chi connectivity index (χ0v) is 11.8. The van der Waals surface area contributed by atoms with E-state index in [0.717, 1.165) is 17.7 Å². The third-order valence-corrected chi connectivity index (χ3v) is 5.23. The number of piperazine rings is 1. The first-order valence-corrected chi connectivity index (χ1v) is 7.75. The van der Waals surface area contributed by atoms with Gasteiger partial charge in [0.2, 0.25) is 0 Å². The average Bonchev–Trinajstić information content (AvgIpc) is 2.86. The summed E-state index contributed by atoms with van der Waals surface area (Å²) in [7, 11) is 0. The van der Waals surface area contributed by atoms with Crippen LogP contribution in [0.25, 0.3) is 0 Å². The Hall–Kier alpha value is -0.650. The molecule has 2 aliphatic heterocycles. The van der Waals surface area contributed by atoms with Crippen molar-refractivity contribution >= 4 is 16.5 Å². The molecule has 2 saturated heterocycles. The molecule has 100 valence electrons. The van der Waals surface area contributed by atoms with Gasteiger partial charge in [-0.05, 0) is 26.3 Å². The quantitative estimate of drug-likeness (QED) is 0.884. The Bertz CT molecular complexity index is 405. The van der Waals surface area contributed by atoms with Crippen LogP contribution in [-0.2, 0) is 6.54 Å². The van der Waals surface area contributed by atoms with Gasteiger partial charge in [-0.15, -0.1) is 11.3 Å². The second kappa shape index (κ2) is 5.15. The van der Waals surface area contributed by atoms with E-state index >= 15 is 0 Å². The highest BCUT2D eigenvalue weighted by Gasteiger charge is 2.33.